The van der Waals surface area contributed by atoms with Gasteiger partial charge in [0.25, 0.3) is 0 Å². The van der Waals surface area contributed by atoms with Gasteiger partial charge in [-0.05, 0) is 23.6 Å². The molecule has 0 bridgehead atoms. The standard InChI is InChI=1S/C15H17NO.CH3Cl/c1-2-4-13(5-3-1)12-16-9-6-14-8-11-17-15(14)7-10-16;1-2/h1-5,8,11H,6-7,9-10,12H2;1H3. The second kappa shape index (κ2) is 7.37. The molecular formula is C16H20ClNO. The van der Waals surface area contributed by atoms with Gasteiger partial charge in [-0.25, -0.2) is 0 Å². The molecule has 0 amide bonds. The number of halogens is 1. The third kappa shape index (κ3) is 3.85. The van der Waals surface area contributed by atoms with Crippen LogP contribution in [0.5, 0.6) is 0 Å². The summed E-state index contributed by atoms with van der Waals surface area (Å²) < 4.78 is 5.51. The molecule has 0 aliphatic carbocycles. The molecule has 1 aliphatic rings. The lowest BCUT2D eigenvalue weighted by Crippen LogP contribution is -2.25. The normalized spacial score (nSPS) is 15.1. The average Bonchev–Trinajstić information content (AvgIpc) is 2.85. The van der Waals surface area contributed by atoms with Gasteiger partial charge in [-0.15, -0.1) is 11.6 Å². The maximum atomic E-state index is 5.51. The third-order valence-electron chi connectivity index (χ3n) is 3.44. The quantitative estimate of drug-likeness (QED) is 0.778. The molecule has 0 saturated heterocycles. The molecule has 0 spiro atoms. The number of furan rings is 1. The number of nitrogens with zero attached hydrogens (tertiary/aromatic N) is 1. The van der Waals surface area contributed by atoms with Gasteiger partial charge in [-0.1, -0.05) is 30.3 Å². The van der Waals surface area contributed by atoms with Gasteiger partial charge >= 0.3 is 0 Å². The van der Waals surface area contributed by atoms with E-state index in [4.69, 9.17) is 4.42 Å². The summed E-state index contributed by atoms with van der Waals surface area (Å²) >= 11 is 4.64. The molecule has 2 heterocycles. The minimum absolute atomic E-state index is 1.04. The Balaban J connectivity index is 0.000000637. The van der Waals surface area contributed by atoms with Gasteiger partial charge in [0.15, 0.2) is 0 Å². The smallest absolute Gasteiger partial charge is 0.108 e. The fraction of sp³-hybridized carbons (Fsp3) is 0.375. The van der Waals surface area contributed by atoms with E-state index in [1.165, 1.54) is 23.3 Å². The van der Waals surface area contributed by atoms with Crippen LogP contribution in [0.15, 0.2) is 47.1 Å². The highest BCUT2D eigenvalue weighted by atomic mass is 35.5. The van der Waals surface area contributed by atoms with Crippen molar-refractivity contribution >= 4 is 11.6 Å². The van der Waals surface area contributed by atoms with Crippen LogP contribution >= 0.6 is 11.6 Å². The van der Waals surface area contributed by atoms with Crippen molar-refractivity contribution in [3.05, 3.63) is 59.5 Å². The first-order valence-electron chi connectivity index (χ1n) is 6.61. The summed E-state index contributed by atoms with van der Waals surface area (Å²) in [5.41, 5.74) is 2.78. The molecule has 3 rings (SSSR count). The van der Waals surface area contributed by atoms with Crippen LogP contribution in [0.25, 0.3) is 0 Å². The highest BCUT2D eigenvalue weighted by Gasteiger charge is 2.15. The molecule has 0 atom stereocenters. The summed E-state index contributed by atoms with van der Waals surface area (Å²) in [6, 6.07) is 12.8. The zero-order valence-corrected chi connectivity index (χ0v) is 12.1. The van der Waals surface area contributed by atoms with Crippen LogP contribution in [0.3, 0.4) is 0 Å². The minimum atomic E-state index is 1.04. The van der Waals surface area contributed by atoms with E-state index in [1.807, 2.05) is 6.26 Å². The Hall–Kier alpha value is -1.25. The summed E-state index contributed by atoms with van der Waals surface area (Å²) in [5, 5.41) is 0. The van der Waals surface area contributed by atoms with Gasteiger partial charge in [0.2, 0.25) is 0 Å². The molecule has 0 unspecified atom stereocenters. The summed E-state index contributed by atoms with van der Waals surface area (Å²) in [7, 11) is 0. The fourth-order valence-electron chi connectivity index (χ4n) is 2.46. The fourth-order valence-corrected chi connectivity index (χ4v) is 2.46. The molecule has 1 aromatic carbocycles. The minimum Gasteiger partial charge on any atom is -0.469 e. The Morgan fingerprint density at radius 3 is 2.58 bits per heavy atom. The lowest BCUT2D eigenvalue weighted by Gasteiger charge is -2.19. The first-order chi connectivity index (χ1) is 9.42. The Kier molecular flexibility index (Phi) is 5.49. The van der Waals surface area contributed by atoms with Crippen molar-refractivity contribution in [3.8, 4) is 0 Å². The molecule has 2 aromatic rings. The summed E-state index contributed by atoms with van der Waals surface area (Å²) in [4.78, 5) is 2.50. The van der Waals surface area contributed by atoms with Gasteiger partial charge in [0, 0.05) is 32.4 Å². The second-order valence-electron chi connectivity index (χ2n) is 4.63. The van der Waals surface area contributed by atoms with Crippen LogP contribution < -0.4 is 0 Å². The van der Waals surface area contributed by atoms with Crippen LogP contribution in [0, 0.1) is 0 Å². The summed E-state index contributed by atoms with van der Waals surface area (Å²) in [6.07, 6.45) is 5.44. The van der Waals surface area contributed by atoms with Gasteiger partial charge in [0.1, 0.15) is 5.76 Å². The van der Waals surface area contributed by atoms with E-state index < -0.39 is 0 Å². The Morgan fingerprint density at radius 2 is 1.79 bits per heavy atom. The Bertz CT molecular complexity index is 458. The highest BCUT2D eigenvalue weighted by molar-refractivity contribution is 6.15. The van der Waals surface area contributed by atoms with E-state index >= 15 is 0 Å². The lowest BCUT2D eigenvalue weighted by molar-refractivity contribution is 0.275. The molecule has 0 saturated carbocycles. The maximum absolute atomic E-state index is 5.51. The molecule has 19 heavy (non-hydrogen) atoms. The van der Waals surface area contributed by atoms with Gasteiger partial charge in [-0.2, -0.15) is 0 Å². The Labute approximate surface area is 120 Å². The predicted molar refractivity (Wildman–Crippen MR) is 79.6 cm³/mol. The highest BCUT2D eigenvalue weighted by Crippen LogP contribution is 2.18. The molecule has 0 radical (unpaired) electrons. The molecular weight excluding hydrogens is 258 g/mol. The number of fused-ring (bicyclic) bond motifs is 1. The van der Waals surface area contributed by atoms with E-state index in [9.17, 15) is 0 Å². The molecule has 3 heteroatoms. The van der Waals surface area contributed by atoms with Crippen LogP contribution in [-0.4, -0.2) is 24.4 Å². The van der Waals surface area contributed by atoms with Gasteiger partial charge in [0.05, 0.1) is 6.26 Å². The molecule has 1 aromatic heterocycles. The summed E-state index contributed by atoms with van der Waals surface area (Å²) in [6.45, 7) is 3.27. The number of hydrogen-bond donors (Lipinski definition) is 0. The van der Waals surface area contributed by atoms with Gasteiger partial charge < -0.3 is 4.42 Å². The van der Waals surface area contributed by atoms with Crippen LogP contribution in [0.2, 0.25) is 0 Å². The number of hydrogen-bond acceptors (Lipinski definition) is 2. The largest absolute Gasteiger partial charge is 0.469 e. The van der Waals surface area contributed by atoms with Crippen molar-refractivity contribution in [2.45, 2.75) is 19.4 Å². The number of alkyl halides is 1. The van der Waals surface area contributed by atoms with Crippen molar-refractivity contribution in [1.29, 1.82) is 0 Å². The van der Waals surface area contributed by atoms with Crippen LogP contribution in [-0.2, 0) is 19.4 Å². The summed E-state index contributed by atoms with van der Waals surface area (Å²) in [5.74, 6) is 1.18. The van der Waals surface area contributed by atoms with Crippen LogP contribution in [0.1, 0.15) is 16.9 Å². The molecule has 0 fully saturated rings. The average molecular weight is 278 g/mol. The van der Waals surface area contributed by atoms with E-state index in [2.05, 4.69) is 52.9 Å². The van der Waals surface area contributed by atoms with Gasteiger partial charge in [-0.3, -0.25) is 4.90 Å². The SMILES string of the molecule is CCl.c1ccc(CN2CCc3ccoc3CC2)cc1. The van der Waals surface area contributed by atoms with Crippen molar-refractivity contribution in [3.63, 3.8) is 0 Å². The molecule has 2 nitrogen and oxygen atoms in total. The van der Waals surface area contributed by atoms with E-state index in [-0.39, 0.29) is 0 Å². The topological polar surface area (TPSA) is 16.4 Å². The van der Waals surface area contributed by atoms with Crippen molar-refractivity contribution in [2.75, 3.05) is 19.5 Å². The second-order valence-corrected chi connectivity index (χ2v) is 4.63. The lowest BCUT2D eigenvalue weighted by atomic mass is 10.2. The van der Waals surface area contributed by atoms with Crippen LogP contribution in [0.4, 0.5) is 0 Å². The van der Waals surface area contributed by atoms with Crippen molar-refractivity contribution < 1.29 is 4.42 Å². The first kappa shape index (κ1) is 14.2. The molecule has 1 aliphatic heterocycles. The zero-order valence-electron chi connectivity index (χ0n) is 11.3. The van der Waals surface area contributed by atoms with E-state index in [0.717, 1.165) is 32.5 Å². The Morgan fingerprint density at radius 1 is 1.05 bits per heavy atom. The maximum Gasteiger partial charge on any atom is 0.108 e. The third-order valence-corrected chi connectivity index (χ3v) is 3.44. The zero-order chi connectivity index (χ0) is 13.5. The molecule has 102 valence electrons. The number of benzene rings is 1. The molecule has 0 N–H and O–H groups in total. The first-order valence-corrected chi connectivity index (χ1v) is 7.37. The van der Waals surface area contributed by atoms with E-state index in [1.54, 1.807) is 0 Å². The van der Waals surface area contributed by atoms with Crippen molar-refractivity contribution in [1.82, 2.24) is 4.90 Å². The predicted octanol–water partition coefficient (Wildman–Crippen LogP) is 3.74. The number of rotatable bonds is 2. The van der Waals surface area contributed by atoms with E-state index in [0.29, 0.717) is 0 Å². The van der Waals surface area contributed by atoms with Crippen molar-refractivity contribution in [2.24, 2.45) is 0 Å². The monoisotopic (exact) mass is 277 g/mol.